The number of rotatable bonds is 7. The van der Waals surface area contributed by atoms with E-state index in [4.69, 9.17) is 11.6 Å². The molecular weight excluding hydrogens is 530 g/mol. The lowest BCUT2D eigenvalue weighted by Crippen LogP contribution is -2.60. The van der Waals surface area contributed by atoms with Crippen molar-refractivity contribution < 1.29 is 27.9 Å². The minimum atomic E-state index is -4.13. The van der Waals surface area contributed by atoms with Crippen LogP contribution in [0.3, 0.4) is 0 Å². The van der Waals surface area contributed by atoms with E-state index in [-0.39, 0.29) is 35.4 Å². The highest BCUT2D eigenvalue weighted by Gasteiger charge is 2.50. The first-order valence-electron chi connectivity index (χ1n) is 12.3. The number of carbonyl (C=O) groups is 3. The molecule has 1 aliphatic rings. The highest BCUT2D eigenvalue weighted by molar-refractivity contribution is 7.90. The van der Waals surface area contributed by atoms with E-state index < -0.39 is 38.9 Å². The molecule has 2 aromatic rings. The maximum Gasteiger partial charge on any atom is 0.264 e. The second kappa shape index (κ2) is 11.0. The molecule has 3 rings (SSSR count). The van der Waals surface area contributed by atoms with Crippen molar-refractivity contribution in [3.05, 3.63) is 64.7 Å². The molecule has 38 heavy (non-hydrogen) atoms. The van der Waals surface area contributed by atoms with Crippen molar-refractivity contribution >= 4 is 39.3 Å². The molecule has 3 amide bonds. The molecule has 3 N–H and O–H groups in total. The summed E-state index contributed by atoms with van der Waals surface area (Å²) < 4.78 is 26.6. The van der Waals surface area contributed by atoms with Gasteiger partial charge in [0.2, 0.25) is 11.8 Å². The fourth-order valence-corrected chi connectivity index (χ4v) is 5.92. The van der Waals surface area contributed by atoms with Crippen LogP contribution < -0.4 is 10.0 Å². The molecule has 0 aromatic heterocycles. The van der Waals surface area contributed by atoms with Gasteiger partial charge in [-0.2, -0.15) is 0 Å². The number of hydrogen-bond acceptors (Lipinski definition) is 6. The average molecular weight is 564 g/mol. The van der Waals surface area contributed by atoms with Gasteiger partial charge in [-0.3, -0.25) is 14.4 Å². The number of aliphatic hydroxyl groups is 1. The van der Waals surface area contributed by atoms with E-state index in [9.17, 15) is 27.9 Å². The van der Waals surface area contributed by atoms with Gasteiger partial charge in [-0.1, -0.05) is 57.5 Å². The van der Waals surface area contributed by atoms with E-state index in [0.29, 0.717) is 11.4 Å². The molecule has 2 atom stereocenters. The highest BCUT2D eigenvalue weighted by atomic mass is 35.5. The van der Waals surface area contributed by atoms with Crippen LogP contribution in [0.15, 0.2) is 53.4 Å². The lowest BCUT2D eigenvalue weighted by molar-refractivity contribution is -0.155. The number of carbonyl (C=O) groups excluding carboxylic acids is 3. The van der Waals surface area contributed by atoms with E-state index in [1.807, 2.05) is 18.6 Å². The van der Waals surface area contributed by atoms with Crippen LogP contribution in [0.1, 0.15) is 57.0 Å². The molecule has 0 aliphatic carbocycles. The van der Waals surface area contributed by atoms with Crippen LogP contribution in [0.2, 0.25) is 5.02 Å². The normalized spacial score (nSPS) is 20.1. The van der Waals surface area contributed by atoms with E-state index in [0.717, 1.165) is 18.6 Å². The summed E-state index contributed by atoms with van der Waals surface area (Å²) in [7, 11) is -4.13. The zero-order valence-electron chi connectivity index (χ0n) is 22.1. The Hall–Kier alpha value is -2.95. The summed E-state index contributed by atoms with van der Waals surface area (Å²) in [5, 5.41) is 14.9. The molecule has 0 bridgehead atoms. The van der Waals surface area contributed by atoms with E-state index in [2.05, 4.69) is 5.32 Å². The van der Waals surface area contributed by atoms with Crippen LogP contribution in [-0.4, -0.2) is 55.3 Å². The van der Waals surface area contributed by atoms with Gasteiger partial charge in [0.1, 0.15) is 6.04 Å². The van der Waals surface area contributed by atoms with Crippen LogP contribution in [0.25, 0.3) is 0 Å². The average Bonchev–Trinajstić information content (AvgIpc) is 2.83. The van der Waals surface area contributed by atoms with E-state index in [1.54, 1.807) is 43.0 Å². The van der Waals surface area contributed by atoms with Crippen molar-refractivity contribution in [3.8, 4) is 0 Å². The van der Waals surface area contributed by atoms with Crippen LogP contribution in [0, 0.1) is 11.3 Å². The summed E-state index contributed by atoms with van der Waals surface area (Å²) in [5.74, 6) is -1.93. The SMILES string of the molecule is CC(=O)NS(=O)(=O)c1cccc(C(=O)N[C@@H](C(=O)N2CC[C@](O)(c3ccc(Cl)cc3)C(C)(C)C2)C(C)C)c1. The smallest absolute Gasteiger partial charge is 0.264 e. The summed E-state index contributed by atoms with van der Waals surface area (Å²) in [6.07, 6.45) is 0.301. The molecule has 1 saturated heterocycles. The van der Waals surface area contributed by atoms with E-state index >= 15 is 0 Å². The standard InChI is InChI=1S/C27H34ClN3O6S/c1-17(2)23(29-24(33)19-7-6-8-22(15-19)38(36,37)30-18(3)32)25(34)31-14-13-27(35,26(4,5)16-31)20-9-11-21(28)12-10-20/h6-12,15,17,23,35H,13-14,16H2,1-5H3,(H,29,33)(H,30,32)/t23-,27+/m1/s1. The Morgan fingerprint density at radius 3 is 2.26 bits per heavy atom. The van der Waals surface area contributed by atoms with Crippen LogP contribution >= 0.6 is 11.6 Å². The van der Waals surface area contributed by atoms with Crippen LogP contribution in [0.5, 0.6) is 0 Å². The molecule has 0 radical (unpaired) electrons. The van der Waals surface area contributed by atoms with Gasteiger partial charge in [0, 0.05) is 36.0 Å². The Morgan fingerprint density at radius 2 is 1.71 bits per heavy atom. The number of halogens is 1. The minimum absolute atomic E-state index is 0.0333. The zero-order chi connectivity index (χ0) is 28.5. The Kier molecular flexibility index (Phi) is 8.60. The van der Waals surface area contributed by atoms with Crippen LogP contribution in [0.4, 0.5) is 0 Å². The molecule has 1 aliphatic heterocycles. The Balaban J connectivity index is 1.79. The number of nitrogens with one attached hydrogen (secondary N) is 2. The first-order chi connectivity index (χ1) is 17.6. The fourth-order valence-electron chi connectivity index (χ4n) is 4.76. The third kappa shape index (κ3) is 6.19. The van der Waals surface area contributed by atoms with Crippen molar-refractivity contribution in [2.75, 3.05) is 13.1 Å². The highest BCUT2D eigenvalue weighted by Crippen LogP contribution is 2.46. The van der Waals surface area contributed by atoms with Gasteiger partial charge in [0.05, 0.1) is 10.5 Å². The van der Waals surface area contributed by atoms with Gasteiger partial charge < -0.3 is 15.3 Å². The number of nitrogens with zero attached hydrogens (tertiary/aromatic N) is 1. The fraction of sp³-hybridized carbons (Fsp3) is 0.444. The van der Waals surface area contributed by atoms with Crippen molar-refractivity contribution in [2.45, 2.75) is 57.6 Å². The van der Waals surface area contributed by atoms with Gasteiger partial charge in [-0.05, 0) is 48.2 Å². The number of benzene rings is 2. The zero-order valence-corrected chi connectivity index (χ0v) is 23.7. The predicted molar refractivity (Wildman–Crippen MR) is 144 cm³/mol. The van der Waals surface area contributed by atoms with Gasteiger partial charge >= 0.3 is 0 Å². The molecule has 11 heteroatoms. The second-order valence-electron chi connectivity index (χ2n) is 10.6. The van der Waals surface area contributed by atoms with Crippen molar-refractivity contribution in [1.82, 2.24) is 14.9 Å². The third-order valence-corrected chi connectivity index (χ3v) is 8.67. The first-order valence-corrected chi connectivity index (χ1v) is 14.1. The monoisotopic (exact) mass is 563 g/mol. The topological polar surface area (TPSA) is 133 Å². The molecule has 0 saturated carbocycles. The Labute approximate surface area is 228 Å². The number of amides is 3. The Morgan fingerprint density at radius 1 is 1.08 bits per heavy atom. The van der Waals surface area contributed by atoms with Crippen molar-refractivity contribution in [2.24, 2.45) is 11.3 Å². The van der Waals surface area contributed by atoms with Gasteiger partial charge in [-0.15, -0.1) is 0 Å². The quantitative estimate of drug-likeness (QED) is 0.474. The molecule has 9 nitrogen and oxygen atoms in total. The maximum atomic E-state index is 13.6. The summed E-state index contributed by atoms with van der Waals surface area (Å²) >= 11 is 6.02. The summed E-state index contributed by atoms with van der Waals surface area (Å²) in [5.41, 5.74) is -1.12. The summed E-state index contributed by atoms with van der Waals surface area (Å²) in [6.45, 7) is 9.01. The molecule has 206 valence electrons. The van der Waals surface area contributed by atoms with Crippen LogP contribution in [-0.2, 0) is 25.2 Å². The molecule has 2 aromatic carbocycles. The molecule has 0 spiro atoms. The molecular formula is C27H34ClN3O6S. The number of piperidine rings is 1. The lowest BCUT2D eigenvalue weighted by Gasteiger charge is -2.51. The number of likely N-dealkylation sites (tertiary alicyclic amines) is 1. The summed E-state index contributed by atoms with van der Waals surface area (Å²) in [4.78, 5) is 39.3. The number of hydrogen-bond donors (Lipinski definition) is 3. The largest absolute Gasteiger partial charge is 0.384 e. The third-order valence-electron chi connectivity index (χ3n) is 6.99. The Bertz CT molecular complexity index is 1330. The second-order valence-corrected chi connectivity index (χ2v) is 12.8. The van der Waals surface area contributed by atoms with Gasteiger partial charge in [0.15, 0.2) is 0 Å². The summed E-state index contributed by atoms with van der Waals surface area (Å²) in [6, 6.07) is 11.4. The molecule has 1 heterocycles. The molecule has 1 fully saturated rings. The lowest BCUT2D eigenvalue weighted by atomic mass is 9.66. The maximum absolute atomic E-state index is 13.6. The first kappa shape index (κ1) is 29.6. The van der Waals surface area contributed by atoms with Crippen molar-refractivity contribution in [1.29, 1.82) is 0 Å². The van der Waals surface area contributed by atoms with Gasteiger partial charge in [-0.25, -0.2) is 13.1 Å². The van der Waals surface area contributed by atoms with Crippen molar-refractivity contribution in [3.63, 3.8) is 0 Å². The van der Waals surface area contributed by atoms with E-state index in [1.165, 1.54) is 18.2 Å². The molecule has 0 unspecified atom stereocenters. The predicted octanol–water partition coefficient (Wildman–Crippen LogP) is 3.07. The van der Waals surface area contributed by atoms with Gasteiger partial charge in [0.25, 0.3) is 15.9 Å². The number of sulfonamides is 1. The minimum Gasteiger partial charge on any atom is -0.384 e.